The second kappa shape index (κ2) is 10.5. The van der Waals surface area contributed by atoms with Crippen LogP contribution in [0.5, 0.6) is 11.5 Å². The van der Waals surface area contributed by atoms with Gasteiger partial charge in [-0.2, -0.15) is 0 Å². The summed E-state index contributed by atoms with van der Waals surface area (Å²) >= 11 is 2.14. The molecule has 0 fully saturated rings. The number of carbonyl (C=O) groups is 3. The van der Waals surface area contributed by atoms with E-state index < -0.39 is 17.9 Å². The molecule has 0 bridgehead atoms. The van der Waals surface area contributed by atoms with Gasteiger partial charge in [-0.3, -0.25) is 14.9 Å². The molecule has 0 saturated heterocycles. The first-order chi connectivity index (χ1) is 15.4. The average molecular weight is 549 g/mol. The van der Waals surface area contributed by atoms with Gasteiger partial charge in [0.1, 0.15) is 0 Å². The van der Waals surface area contributed by atoms with E-state index in [-0.39, 0.29) is 0 Å². The molecule has 0 unspecified atom stereocenters. The molecule has 2 aromatic carbocycles. The molecule has 0 spiro atoms. The smallest absolute Gasteiger partial charge is 0.415 e. The van der Waals surface area contributed by atoms with Crippen molar-refractivity contribution in [2.45, 2.75) is 20.4 Å². The average Bonchev–Trinajstić information content (AvgIpc) is 2.76. The van der Waals surface area contributed by atoms with Crippen molar-refractivity contribution < 1.29 is 23.9 Å². The first-order valence-electron chi connectivity index (χ1n) is 10.1. The molecule has 1 aliphatic rings. The molecule has 3 amide bonds. The van der Waals surface area contributed by atoms with Gasteiger partial charge in [-0.1, -0.05) is 6.07 Å². The minimum atomic E-state index is -0.458. The summed E-state index contributed by atoms with van der Waals surface area (Å²) in [5, 5.41) is 5.47. The maximum absolute atomic E-state index is 12.4. The molecule has 3 rings (SSSR count). The lowest BCUT2D eigenvalue weighted by Gasteiger charge is -2.19. The standard InChI is InChI=1S/C23H24IN3O5/c1-4-27(5-2)23(30)32-20-10-14(6-9-19(20)31-3)12-25-13-18-17-11-15(24)7-8-16(17)21(28)26-22(18)29/h6-11,13,25H,4-5,12H2,1-3H3,(H,26,28,29). The second-order valence-electron chi connectivity index (χ2n) is 6.94. The van der Waals surface area contributed by atoms with Crippen LogP contribution in [-0.2, 0) is 11.3 Å². The highest BCUT2D eigenvalue weighted by Gasteiger charge is 2.27. The van der Waals surface area contributed by atoms with Gasteiger partial charge in [0, 0.05) is 40.5 Å². The summed E-state index contributed by atoms with van der Waals surface area (Å²) in [5.74, 6) is -0.104. The Morgan fingerprint density at radius 2 is 1.81 bits per heavy atom. The van der Waals surface area contributed by atoms with Crippen LogP contribution < -0.4 is 20.1 Å². The zero-order chi connectivity index (χ0) is 23.3. The lowest BCUT2D eigenvalue weighted by atomic mass is 9.95. The van der Waals surface area contributed by atoms with Gasteiger partial charge in [-0.15, -0.1) is 0 Å². The van der Waals surface area contributed by atoms with E-state index in [9.17, 15) is 14.4 Å². The highest BCUT2D eigenvalue weighted by Crippen LogP contribution is 2.29. The molecule has 8 nitrogen and oxygen atoms in total. The minimum Gasteiger partial charge on any atom is -0.493 e. The van der Waals surface area contributed by atoms with E-state index in [1.165, 1.54) is 7.11 Å². The Morgan fingerprint density at radius 1 is 1.06 bits per heavy atom. The highest BCUT2D eigenvalue weighted by molar-refractivity contribution is 14.1. The Labute approximate surface area is 200 Å². The van der Waals surface area contributed by atoms with Crippen molar-refractivity contribution in [2.75, 3.05) is 20.2 Å². The molecule has 1 aliphatic heterocycles. The number of nitrogens with zero attached hydrogens (tertiary/aromatic N) is 1. The third-order valence-corrected chi connectivity index (χ3v) is 5.66. The van der Waals surface area contributed by atoms with Crippen LogP contribution in [0, 0.1) is 3.57 Å². The number of hydrogen-bond acceptors (Lipinski definition) is 6. The van der Waals surface area contributed by atoms with Crippen LogP contribution in [0.2, 0.25) is 0 Å². The van der Waals surface area contributed by atoms with Gasteiger partial charge in [-0.05, 0) is 72.3 Å². The van der Waals surface area contributed by atoms with E-state index in [0.29, 0.717) is 47.8 Å². The van der Waals surface area contributed by atoms with Crippen LogP contribution in [0.4, 0.5) is 4.79 Å². The summed E-state index contributed by atoms with van der Waals surface area (Å²) in [7, 11) is 1.51. The number of methoxy groups -OCH3 is 1. The van der Waals surface area contributed by atoms with Gasteiger partial charge < -0.3 is 19.7 Å². The number of imide groups is 1. The maximum atomic E-state index is 12.4. The van der Waals surface area contributed by atoms with Crippen molar-refractivity contribution in [3.8, 4) is 11.5 Å². The van der Waals surface area contributed by atoms with E-state index in [4.69, 9.17) is 9.47 Å². The summed E-state index contributed by atoms with van der Waals surface area (Å²) in [5.41, 5.74) is 2.23. The lowest BCUT2D eigenvalue weighted by Crippen LogP contribution is -2.37. The molecule has 0 radical (unpaired) electrons. The van der Waals surface area contributed by atoms with E-state index in [1.807, 2.05) is 26.0 Å². The van der Waals surface area contributed by atoms with Gasteiger partial charge in [0.05, 0.1) is 12.7 Å². The molecule has 2 N–H and O–H groups in total. The number of carbonyl (C=O) groups excluding carboxylic acids is 3. The molecule has 1 heterocycles. The van der Waals surface area contributed by atoms with Crippen LogP contribution in [0.15, 0.2) is 42.6 Å². The number of amides is 3. The van der Waals surface area contributed by atoms with Crippen LogP contribution in [-0.4, -0.2) is 43.0 Å². The third kappa shape index (κ3) is 5.21. The number of halogens is 1. The van der Waals surface area contributed by atoms with E-state index in [1.54, 1.807) is 35.4 Å². The molecule has 0 aromatic heterocycles. The number of hydrogen-bond donors (Lipinski definition) is 2. The lowest BCUT2D eigenvalue weighted by molar-refractivity contribution is -0.114. The normalized spacial score (nSPS) is 13.9. The molecular formula is C23H24IN3O5. The summed E-state index contributed by atoms with van der Waals surface area (Å²) in [4.78, 5) is 38.4. The van der Waals surface area contributed by atoms with Gasteiger partial charge in [0.25, 0.3) is 11.8 Å². The Hall–Kier alpha value is -3.08. The van der Waals surface area contributed by atoms with Crippen molar-refractivity contribution in [3.63, 3.8) is 0 Å². The zero-order valence-corrected chi connectivity index (χ0v) is 20.2. The molecule has 2 aromatic rings. The predicted octanol–water partition coefficient (Wildman–Crippen LogP) is 3.54. The van der Waals surface area contributed by atoms with Gasteiger partial charge in [0.2, 0.25) is 0 Å². The first kappa shape index (κ1) is 23.6. The fourth-order valence-corrected chi connectivity index (χ4v) is 3.75. The summed E-state index contributed by atoms with van der Waals surface area (Å²) in [6.07, 6.45) is 1.14. The van der Waals surface area contributed by atoms with Crippen LogP contribution in [0.3, 0.4) is 0 Å². The molecule has 9 heteroatoms. The van der Waals surface area contributed by atoms with Gasteiger partial charge in [-0.25, -0.2) is 4.79 Å². The number of nitrogens with one attached hydrogen (secondary N) is 2. The van der Waals surface area contributed by atoms with E-state index in [2.05, 4.69) is 33.2 Å². The quantitative estimate of drug-likeness (QED) is 0.312. The number of rotatable bonds is 7. The Balaban J connectivity index is 1.79. The minimum absolute atomic E-state index is 0.317. The number of ether oxygens (including phenoxy) is 2. The topological polar surface area (TPSA) is 97.0 Å². The van der Waals surface area contributed by atoms with Crippen LogP contribution >= 0.6 is 22.6 Å². The maximum Gasteiger partial charge on any atom is 0.415 e. The number of fused-ring (bicyclic) bond motifs is 1. The van der Waals surface area contributed by atoms with Crippen molar-refractivity contribution >= 4 is 46.1 Å². The molecular weight excluding hydrogens is 525 g/mol. The second-order valence-corrected chi connectivity index (χ2v) is 8.18. The predicted molar refractivity (Wildman–Crippen MR) is 128 cm³/mol. The fourth-order valence-electron chi connectivity index (χ4n) is 3.26. The van der Waals surface area contributed by atoms with Crippen molar-refractivity contribution in [1.82, 2.24) is 15.5 Å². The molecule has 0 atom stereocenters. The Bertz CT molecular complexity index is 1080. The van der Waals surface area contributed by atoms with Crippen LogP contribution in [0.1, 0.15) is 35.3 Å². The largest absolute Gasteiger partial charge is 0.493 e. The number of benzene rings is 2. The molecule has 168 valence electrons. The van der Waals surface area contributed by atoms with E-state index in [0.717, 1.165) is 9.13 Å². The van der Waals surface area contributed by atoms with Crippen molar-refractivity contribution in [2.24, 2.45) is 0 Å². The summed E-state index contributed by atoms with van der Waals surface area (Å²) in [6, 6.07) is 10.6. The Kier molecular flexibility index (Phi) is 7.73. The van der Waals surface area contributed by atoms with Crippen LogP contribution in [0.25, 0.3) is 5.57 Å². The SMILES string of the molecule is CCN(CC)C(=O)Oc1cc(CNC=C2C(=O)NC(=O)c3ccc(I)cc32)ccc1OC. The van der Waals surface area contributed by atoms with Gasteiger partial charge >= 0.3 is 6.09 Å². The monoisotopic (exact) mass is 549 g/mol. The first-order valence-corrected chi connectivity index (χ1v) is 11.2. The van der Waals surface area contributed by atoms with Gasteiger partial charge in [0.15, 0.2) is 11.5 Å². The third-order valence-electron chi connectivity index (χ3n) is 4.99. The summed E-state index contributed by atoms with van der Waals surface area (Å²) < 4.78 is 11.8. The molecule has 32 heavy (non-hydrogen) atoms. The Morgan fingerprint density at radius 3 is 2.50 bits per heavy atom. The van der Waals surface area contributed by atoms with E-state index >= 15 is 0 Å². The summed E-state index contributed by atoms with van der Waals surface area (Å²) in [6.45, 7) is 5.20. The fraction of sp³-hybridized carbons (Fsp3) is 0.261. The van der Waals surface area contributed by atoms with Crippen molar-refractivity contribution in [3.05, 3.63) is 62.9 Å². The zero-order valence-electron chi connectivity index (χ0n) is 18.0. The molecule has 0 saturated carbocycles. The highest BCUT2D eigenvalue weighted by atomic mass is 127. The molecule has 0 aliphatic carbocycles. The van der Waals surface area contributed by atoms with Crippen molar-refractivity contribution in [1.29, 1.82) is 0 Å².